The zero-order valence-corrected chi connectivity index (χ0v) is 20.0. The highest BCUT2D eigenvalue weighted by atomic mass is 35.5. The minimum atomic E-state index is -0.339. The van der Waals surface area contributed by atoms with Crippen LogP contribution >= 0.6 is 35.0 Å². The number of hydrogen-bond acceptors (Lipinski definition) is 4. The molecule has 0 aliphatic carbocycles. The fourth-order valence-electron chi connectivity index (χ4n) is 3.29. The number of benzene rings is 3. The van der Waals surface area contributed by atoms with Crippen LogP contribution in [0.4, 0.5) is 10.1 Å². The average molecular weight is 503 g/mol. The molecule has 0 saturated carbocycles. The summed E-state index contributed by atoms with van der Waals surface area (Å²) in [4.78, 5) is 13.0. The molecule has 2 N–H and O–H groups in total. The van der Waals surface area contributed by atoms with E-state index in [1.807, 2.05) is 12.1 Å². The number of hydrogen-bond donors (Lipinski definition) is 2. The SMILES string of the molecule is CCc1ccc(N[C@H]2NC(=O)/C(=C/c3cc(Cl)c(OCc4cccc(F)c4)c(Cl)c3)S2)cc1. The van der Waals surface area contributed by atoms with E-state index in [4.69, 9.17) is 27.9 Å². The molecule has 1 saturated heterocycles. The van der Waals surface area contributed by atoms with Gasteiger partial charge in [0.05, 0.1) is 15.0 Å². The van der Waals surface area contributed by atoms with Crippen molar-refractivity contribution in [3.63, 3.8) is 0 Å². The van der Waals surface area contributed by atoms with E-state index in [1.54, 1.807) is 30.3 Å². The number of aryl methyl sites for hydroxylation is 1. The summed E-state index contributed by atoms with van der Waals surface area (Å²) in [6.45, 7) is 2.23. The number of amides is 1. The molecule has 1 amide bonds. The van der Waals surface area contributed by atoms with Gasteiger partial charge in [0.2, 0.25) is 0 Å². The van der Waals surface area contributed by atoms with Gasteiger partial charge in [0.1, 0.15) is 12.4 Å². The number of rotatable bonds is 7. The first-order chi connectivity index (χ1) is 15.9. The van der Waals surface area contributed by atoms with Crippen molar-refractivity contribution in [2.75, 3.05) is 5.32 Å². The Bertz CT molecular complexity index is 1180. The van der Waals surface area contributed by atoms with Gasteiger partial charge >= 0.3 is 0 Å². The third kappa shape index (κ3) is 6.02. The van der Waals surface area contributed by atoms with E-state index in [9.17, 15) is 9.18 Å². The maximum atomic E-state index is 13.4. The number of anilines is 1. The van der Waals surface area contributed by atoms with Gasteiger partial charge in [0.15, 0.2) is 11.2 Å². The van der Waals surface area contributed by atoms with E-state index in [1.165, 1.54) is 29.5 Å². The van der Waals surface area contributed by atoms with Gasteiger partial charge in [-0.25, -0.2) is 4.39 Å². The highest BCUT2D eigenvalue weighted by molar-refractivity contribution is 8.05. The van der Waals surface area contributed by atoms with Crippen molar-refractivity contribution in [3.8, 4) is 5.75 Å². The lowest BCUT2D eigenvalue weighted by Crippen LogP contribution is -2.30. The molecule has 1 fully saturated rings. The average Bonchev–Trinajstić information content (AvgIpc) is 3.12. The fraction of sp³-hybridized carbons (Fsp3) is 0.160. The van der Waals surface area contributed by atoms with E-state index in [-0.39, 0.29) is 23.8 Å². The Morgan fingerprint density at radius 2 is 1.82 bits per heavy atom. The maximum Gasteiger partial charge on any atom is 0.260 e. The first-order valence-electron chi connectivity index (χ1n) is 10.3. The van der Waals surface area contributed by atoms with Crippen LogP contribution in [0.2, 0.25) is 10.0 Å². The van der Waals surface area contributed by atoms with Crippen LogP contribution in [0.25, 0.3) is 6.08 Å². The van der Waals surface area contributed by atoms with Gasteiger partial charge in [-0.1, -0.05) is 66.2 Å². The molecule has 1 aliphatic heterocycles. The molecule has 170 valence electrons. The number of ether oxygens (including phenoxy) is 1. The second-order valence-electron chi connectivity index (χ2n) is 7.41. The Balaban J connectivity index is 1.44. The van der Waals surface area contributed by atoms with Gasteiger partial charge in [0, 0.05) is 5.69 Å². The molecule has 33 heavy (non-hydrogen) atoms. The Morgan fingerprint density at radius 3 is 2.48 bits per heavy atom. The summed E-state index contributed by atoms with van der Waals surface area (Å²) in [5.41, 5.74) is 3.23. The molecule has 1 atom stereocenters. The van der Waals surface area contributed by atoms with Gasteiger partial charge in [-0.15, -0.1) is 0 Å². The Hall–Kier alpha value is -2.67. The largest absolute Gasteiger partial charge is 0.486 e. The number of carbonyl (C=O) groups is 1. The number of halogens is 3. The second kappa shape index (κ2) is 10.5. The molecule has 0 spiro atoms. The lowest BCUT2D eigenvalue weighted by Gasteiger charge is -2.13. The summed E-state index contributed by atoms with van der Waals surface area (Å²) in [6.07, 6.45) is 2.71. The normalized spacial score (nSPS) is 16.7. The fourth-order valence-corrected chi connectivity index (χ4v) is 4.89. The summed E-state index contributed by atoms with van der Waals surface area (Å²) in [7, 11) is 0. The lowest BCUT2D eigenvalue weighted by atomic mass is 10.1. The Labute approximate surface area is 206 Å². The highest BCUT2D eigenvalue weighted by Gasteiger charge is 2.27. The predicted molar refractivity (Wildman–Crippen MR) is 134 cm³/mol. The van der Waals surface area contributed by atoms with Crippen LogP contribution in [0.5, 0.6) is 5.75 Å². The molecule has 4 rings (SSSR count). The molecule has 8 heteroatoms. The van der Waals surface area contributed by atoms with E-state index < -0.39 is 0 Å². The van der Waals surface area contributed by atoms with Gasteiger partial charge in [-0.05, 0) is 65.6 Å². The summed E-state index contributed by atoms with van der Waals surface area (Å²) >= 11 is 14.1. The minimum absolute atomic E-state index is 0.127. The molecule has 3 aromatic rings. The van der Waals surface area contributed by atoms with Crippen LogP contribution in [0.15, 0.2) is 65.6 Å². The quantitative estimate of drug-likeness (QED) is 0.346. The van der Waals surface area contributed by atoms with Gasteiger partial charge in [-0.3, -0.25) is 4.79 Å². The Morgan fingerprint density at radius 1 is 1.09 bits per heavy atom. The van der Waals surface area contributed by atoms with Crippen molar-refractivity contribution in [2.45, 2.75) is 25.4 Å². The van der Waals surface area contributed by atoms with Crippen LogP contribution in [-0.4, -0.2) is 11.4 Å². The zero-order valence-electron chi connectivity index (χ0n) is 17.7. The maximum absolute atomic E-state index is 13.4. The van der Waals surface area contributed by atoms with Crippen molar-refractivity contribution in [3.05, 3.63) is 98.1 Å². The molecule has 3 aromatic carbocycles. The smallest absolute Gasteiger partial charge is 0.260 e. The van der Waals surface area contributed by atoms with Crippen molar-refractivity contribution < 1.29 is 13.9 Å². The number of thioether (sulfide) groups is 1. The van der Waals surface area contributed by atoms with Crippen LogP contribution in [0.1, 0.15) is 23.6 Å². The third-order valence-electron chi connectivity index (χ3n) is 4.98. The summed E-state index contributed by atoms with van der Waals surface area (Å²) in [6, 6.07) is 17.6. The molecule has 0 radical (unpaired) electrons. The summed E-state index contributed by atoms with van der Waals surface area (Å²) in [5.74, 6) is -0.210. The Kier molecular flexibility index (Phi) is 7.48. The van der Waals surface area contributed by atoms with E-state index in [2.05, 4.69) is 29.7 Å². The highest BCUT2D eigenvalue weighted by Crippen LogP contribution is 2.37. The first-order valence-corrected chi connectivity index (χ1v) is 12.0. The topological polar surface area (TPSA) is 50.4 Å². The minimum Gasteiger partial charge on any atom is -0.486 e. The van der Waals surface area contributed by atoms with Crippen LogP contribution in [-0.2, 0) is 17.8 Å². The molecule has 1 aliphatic rings. The van der Waals surface area contributed by atoms with E-state index in [0.29, 0.717) is 31.8 Å². The number of carbonyl (C=O) groups excluding carboxylic acids is 1. The summed E-state index contributed by atoms with van der Waals surface area (Å²) < 4.78 is 19.1. The van der Waals surface area contributed by atoms with E-state index >= 15 is 0 Å². The van der Waals surface area contributed by atoms with Crippen LogP contribution < -0.4 is 15.4 Å². The third-order valence-corrected chi connectivity index (χ3v) is 6.57. The predicted octanol–water partition coefficient (Wildman–Crippen LogP) is 6.87. The van der Waals surface area contributed by atoms with Crippen molar-refractivity contribution in [2.24, 2.45) is 0 Å². The second-order valence-corrected chi connectivity index (χ2v) is 9.37. The first kappa shape index (κ1) is 23.5. The molecular weight excluding hydrogens is 482 g/mol. The van der Waals surface area contributed by atoms with Crippen molar-refractivity contribution in [1.82, 2.24) is 5.32 Å². The van der Waals surface area contributed by atoms with E-state index in [0.717, 1.165) is 12.1 Å². The van der Waals surface area contributed by atoms with Crippen molar-refractivity contribution in [1.29, 1.82) is 0 Å². The lowest BCUT2D eigenvalue weighted by molar-refractivity contribution is -0.116. The molecule has 0 bridgehead atoms. The van der Waals surface area contributed by atoms with Gasteiger partial charge < -0.3 is 15.4 Å². The number of nitrogens with one attached hydrogen (secondary N) is 2. The van der Waals surface area contributed by atoms with Crippen LogP contribution in [0, 0.1) is 5.82 Å². The van der Waals surface area contributed by atoms with Gasteiger partial charge in [0.25, 0.3) is 5.91 Å². The monoisotopic (exact) mass is 502 g/mol. The van der Waals surface area contributed by atoms with Gasteiger partial charge in [-0.2, -0.15) is 0 Å². The zero-order chi connectivity index (χ0) is 23.4. The summed E-state index contributed by atoms with van der Waals surface area (Å²) in [5, 5.41) is 6.82. The van der Waals surface area contributed by atoms with Crippen molar-refractivity contribution >= 4 is 52.6 Å². The van der Waals surface area contributed by atoms with Crippen LogP contribution in [0.3, 0.4) is 0 Å². The molecule has 4 nitrogen and oxygen atoms in total. The standard InChI is InChI=1S/C25H21Cl2FN2O2S/c1-2-15-6-8-19(9-7-15)29-25-30-24(31)22(33-25)13-17-11-20(26)23(21(27)12-17)32-14-16-4-3-5-18(28)10-16/h3-13,25,29H,2,14H2,1H3,(H,30,31)/b22-13-/t25-/m0/s1. The molecular formula is C25H21Cl2FN2O2S. The molecule has 0 unspecified atom stereocenters. The molecule has 0 aromatic heterocycles. The molecule has 1 heterocycles.